The number of sulfonamides is 1. The van der Waals surface area contributed by atoms with Gasteiger partial charge in [0, 0.05) is 12.6 Å². The van der Waals surface area contributed by atoms with E-state index in [-0.39, 0.29) is 18.5 Å². The lowest BCUT2D eigenvalue weighted by Crippen LogP contribution is -2.52. The first-order valence-electron chi connectivity index (χ1n) is 11.7. The average molecular weight is 488 g/mol. The molecule has 0 heterocycles. The molecule has 0 unspecified atom stereocenters. The maximum Gasteiger partial charge on any atom is 0.244 e. The molecule has 2 aromatic rings. The Morgan fingerprint density at radius 1 is 1.00 bits per heavy atom. The van der Waals surface area contributed by atoms with Gasteiger partial charge in [-0.1, -0.05) is 55.8 Å². The van der Waals surface area contributed by atoms with Crippen LogP contribution in [-0.2, 0) is 32.6 Å². The van der Waals surface area contributed by atoms with Crippen molar-refractivity contribution in [3.05, 3.63) is 65.2 Å². The first-order chi connectivity index (χ1) is 16.0. The van der Waals surface area contributed by atoms with E-state index in [2.05, 4.69) is 5.32 Å². The fourth-order valence-electron chi connectivity index (χ4n) is 3.57. The fraction of sp³-hybridized carbons (Fsp3) is 0.462. The van der Waals surface area contributed by atoms with Crippen LogP contribution in [0, 0.1) is 6.92 Å². The Kier molecular flexibility index (Phi) is 9.67. The zero-order valence-electron chi connectivity index (χ0n) is 21.0. The van der Waals surface area contributed by atoms with Crippen LogP contribution in [0.25, 0.3) is 0 Å². The molecule has 0 aromatic heterocycles. The molecule has 0 aliphatic carbocycles. The van der Waals surface area contributed by atoms with Gasteiger partial charge in [-0.3, -0.25) is 13.9 Å². The van der Waals surface area contributed by atoms with Gasteiger partial charge >= 0.3 is 0 Å². The van der Waals surface area contributed by atoms with Crippen LogP contribution in [0.4, 0.5) is 5.69 Å². The van der Waals surface area contributed by atoms with E-state index < -0.39 is 28.5 Å². The van der Waals surface area contributed by atoms with Gasteiger partial charge in [-0.15, -0.1) is 0 Å². The third-order valence-corrected chi connectivity index (χ3v) is 7.06. The number of carbonyl (C=O) groups is 2. The molecule has 2 amide bonds. The van der Waals surface area contributed by atoms with Crippen molar-refractivity contribution in [3.63, 3.8) is 0 Å². The molecule has 7 nitrogen and oxygen atoms in total. The third kappa shape index (κ3) is 7.58. The number of aryl methyl sites for hydroxylation is 2. The van der Waals surface area contributed by atoms with Crippen LogP contribution in [0.15, 0.2) is 48.5 Å². The minimum absolute atomic E-state index is 0.0320. The van der Waals surface area contributed by atoms with E-state index in [1.54, 1.807) is 19.1 Å². The summed E-state index contributed by atoms with van der Waals surface area (Å²) in [6.07, 6.45) is 2.67. The lowest BCUT2D eigenvalue weighted by molar-refractivity contribution is -0.139. The normalized spacial score (nSPS) is 13.1. The summed E-state index contributed by atoms with van der Waals surface area (Å²) in [5, 5.41) is 2.93. The second kappa shape index (κ2) is 12.0. The molecule has 34 heavy (non-hydrogen) atoms. The molecule has 2 rings (SSSR count). The molecular weight excluding hydrogens is 450 g/mol. The Morgan fingerprint density at radius 3 is 2.18 bits per heavy atom. The standard InChI is InChI=1S/C26H37N3O4S/c1-7-20(4)27-26(31)21(5)28(17-23-11-9-10-19(3)16-23)25(30)18-29(34(6,32)33)24-14-12-22(8-2)13-15-24/h9-16,20-21H,7-8,17-18H2,1-6H3,(H,27,31)/t20-,21-/m0/s1. The van der Waals surface area contributed by atoms with Crippen molar-refractivity contribution in [1.82, 2.24) is 10.2 Å². The summed E-state index contributed by atoms with van der Waals surface area (Å²) in [6.45, 7) is 9.33. The van der Waals surface area contributed by atoms with Crippen LogP contribution in [0.1, 0.15) is 50.8 Å². The SMILES string of the molecule is CCc1ccc(N(CC(=O)N(Cc2cccc(C)c2)[C@@H](C)C(=O)N[C@@H](C)CC)S(C)(=O)=O)cc1. The van der Waals surface area contributed by atoms with Gasteiger partial charge in [-0.05, 0) is 56.9 Å². The number of nitrogens with zero attached hydrogens (tertiary/aromatic N) is 2. The lowest BCUT2D eigenvalue weighted by atomic mass is 10.1. The molecule has 8 heteroatoms. The predicted molar refractivity (Wildman–Crippen MR) is 137 cm³/mol. The van der Waals surface area contributed by atoms with Gasteiger partial charge < -0.3 is 10.2 Å². The monoisotopic (exact) mass is 487 g/mol. The summed E-state index contributed by atoms with van der Waals surface area (Å²) in [4.78, 5) is 27.9. The lowest BCUT2D eigenvalue weighted by Gasteiger charge is -2.32. The maximum absolute atomic E-state index is 13.5. The number of nitrogens with one attached hydrogen (secondary N) is 1. The van der Waals surface area contributed by atoms with Crippen molar-refractivity contribution >= 4 is 27.5 Å². The Bertz CT molecular complexity index is 1080. The van der Waals surface area contributed by atoms with Crippen molar-refractivity contribution in [2.45, 2.75) is 66.1 Å². The summed E-state index contributed by atoms with van der Waals surface area (Å²) in [5.41, 5.74) is 3.39. The minimum atomic E-state index is -3.73. The van der Waals surface area contributed by atoms with E-state index in [0.29, 0.717) is 5.69 Å². The van der Waals surface area contributed by atoms with Crippen LogP contribution in [0.5, 0.6) is 0 Å². The molecule has 0 fully saturated rings. The molecular formula is C26H37N3O4S. The first kappa shape index (κ1) is 27.4. The van der Waals surface area contributed by atoms with Crippen molar-refractivity contribution in [1.29, 1.82) is 0 Å². The fourth-order valence-corrected chi connectivity index (χ4v) is 4.42. The minimum Gasteiger partial charge on any atom is -0.352 e. The smallest absolute Gasteiger partial charge is 0.244 e. The van der Waals surface area contributed by atoms with Crippen molar-refractivity contribution < 1.29 is 18.0 Å². The second-order valence-corrected chi connectivity index (χ2v) is 10.7. The average Bonchev–Trinajstić information content (AvgIpc) is 2.79. The molecule has 0 aliphatic rings. The Balaban J connectivity index is 2.37. The highest BCUT2D eigenvalue weighted by molar-refractivity contribution is 7.92. The van der Waals surface area contributed by atoms with Gasteiger partial charge in [0.15, 0.2) is 0 Å². The molecule has 0 spiro atoms. The summed E-state index contributed by atoms with van der Waals surface area (Å²) >= 11 is 0. The van der Waals surface area contributed by atoms with Crippen LogP contribution >= 0.6 is 0 Å². The van der Waals surface area contributed by atoms with E-state index in [4.69, 9.17) is 0 Å². The highest BCUT2D eigenvalue weighted by atomic mass is 32.2. The van der Waals surface area contributed by atoms with Gasteiger partial charge in [0.1, 0.15) is 12.6 Å². The van der Waals surface area contributed by atoms with Crippen LogP contribution < -0.4 is 9.62 Å². The largest absolute Gasteiger partial charge is 0.352 e. The van der Waals surface area contributed by atoms with Crippen LogP contribution in [0.3, 0.4) is 0 Å². The van der Waals surface area contributed by atoms with E-state index in [9.17, 15) is 18.0 Å². The molecule has 0 saturated carbocycles. The Hall–Kier alpha value is -2.87. The molecule has 186 valence electrons. The molecule has 0 aliphatic heterocycles. The summed E-state index contributed by atoms with van der Waals surface area (Å²) in [6, 6.07) is 14.0. The Labute approximate surface area is 204 Å². The highest BCUT2D eigenvalue weighted by Gasteiger charge is 2.30. The topological polar surface area (TPSA) is 86.8 Å². The predicted octanol–water partition coefficient (Wildman–Crippen LogP) is 3.66. The molecule has 1 N–H and O–H groups in total. The number of amides is 2. The van der Waals surface area contributed by atoms with Crippen LogP contribution in [-0.4, -0.2) is 50.0 Å². The van der Waals surface area contributed by atoms with Gasteiger partial charge in [-0.2, -0.15) is 0 Å². The second-order valence-electron chi connectivity index (χ2n) is 8.79. The van der Waals surface area contributed by atoms with Gasteiger partial charge in [0.2, 0.25) is 21.8 Å². The molecule has 0 radical (unpaired) electrons. The number of hydrogen-bond donors (Lipinski definition) is 1. The van der Waals surface area contributed by atoms with Crippen molar-refractivity contribution in [2.24, 2.45) is 0 Å². The number of carbonyl (C=O) groups excluding carboxylic acids is 2. The van der Waals surface area contributed by atoms with E-state index >= 15 is 0 Å². The summed E-state index contributed by atoms with van der Waals surface area (Å²) in [5.74, 6) is -0.716. The number of anilines is 1. The zero-order valence-corrected chi connectivity index (χ0v) is 21.9. The molecule has 0 saturated heterocycles. The summed E-state index contributed by atoms with van der Waals surface area (Å²) in [7, 11) is -3.73. The zero-order chi connectivity index (χ0) is 25.5. The van der Waals surface area contributed by atoms with Crippen LogP contribution in [0.2, 0.25) is 0 Å². The first-order valence-corrected chi connectivity index (χ1v) is 13.5. The number of rotatable bonds is 11. The highest BCUT2D eigenvalue weighted by Crippen LogP contribution is 2.20. The maximum atomic E-state index is 13.5. The number of hydrogen-bond acceptors (Lipinski definition) is 4. The third-order valence-electron chi connectivity index (χ3n) is 5.92. The number of benzene rings is 2. The van der Waals surface area contributed by atoms with Gasteiger partial charge in [-0.25, -0.2) is 8.42 Å². The summed E-state index contributed by atoms with van der Waals surface area (Å²) < 4.78 is 26.3. The molecule has 0 bridgehead atoms. The molecule has 2 aromatic carbocycles. The molecule has 2 atom stereocenters. The van der Waals surface area contributed by atoms with Gasteiger partial charge in [0.05, 0.1) is 11.9 Å². The van der Waals surface area contributed by atoms with Gasteiger partial charge in [0.25, 0.3) is 0 Å². The van der Waals surface area contributed by atoms with Crippen molar-refractivity contribution in [2.75, 3.05) is 17.1 Å². The van der Waals surface area contributed by atoms with Crippen molar-refractivity contribution in [3.8, 4) is 0 Å². The van der Waals surface area contributed by atoms with E-state index in [1.807, 2.05) is 64.1 Å². The van der Waals surface area contributed by atoms with E-state index in [1.165, 1.54) is 4.90 Å². The van der Waals surface area contributed by atoms with E-state index in [0.717, 1.165) is 40.1 Å². The Morgan fingerprint density at radius 2 is 1.65 bits per heavy atom. The quantitative estimate of drug-likeness (QED) is 0.524.